The lowest BCUT2D eigenvalue weighted by Gasteiger charge is -2.38. The number of ether oxygens (including phenoxy) is 2. The van der Waals surface area contributed by atoms with Crippen LogP contribution in [0.25, 0.3) is 11.0 Å². The van der Waals surface area contributed by atoms with Crippen LogP contribution in [0, 0.1) is 37.5 Å². The van der Waals surface area contributed by atoms with Gasteiger partial charge in [-0.2, -0.15) is 0 Å². The number of benzene rings is 3. The van der Waals surface area contributed by atoms with E-state index >= 15 is 0 Å². The standard InChI is InChI=1S/C46H57N5O3/c1-30-7-5-9-40(18-30)53-43-23-37(33(4)27-49-46(52)35-13-15-47-16-14-35)21-39(25-43)38-17-31(2)19-42(24-38)54-41-10-6-8-36(22-41)32(3)26-48-28-34-11-12-44-45(20-34)51-29-50-44/h5,7,9,11-20,24,29,32-33,36-37,39,41,43,48H,6,8,10,21-23,25-28H2,1-4H3,(H,49,52)(H,50,51). The van der Waals surface area contributed by atoms with Crippen LogP contribution in [0.4, 0.5) is 0 Å². The summed E-state index contributed by atoms with van der Waals surface area (Å²) in [4.78, 5) is 24.5. The second kappa shape index (κ2) is 17.6. The number of hydrogen-bond donors (Lipinski definition) is 3. The van der Waals surface area contributed by atoms with Gasteiger partial charge in [0.15, 0.2) is 0 Å². The maximum atomic E-state index is 12.9. The van der Waals surface area contributed by atoms with Crippen molar-refractivity contribution in [1.29, 1.82) is 0 Å². The smallest absolute Gasteiger partial charge is 0.251 e. The Labute approximate surface area is 320 Å². The van der Waals surface area contributed by atoms with E-state index in [0.717, 1.165) is 67.7 Å². The first-order valence-corrected chi connectivity index (χ1v) is 20.1. The molecule has 2 aromatic heterocycles. The number of pyridine rings is 1. The quantitative estimate of drug-likeness (QED) is 0.105. The molecule has 2 aliphatic carbocycles. The van der Waals surface area contributed by atoms with Crippen molar-refractivity contribution in [3.63, 3.8) is 0 Å². The van der Waals surface area contributed by atoms with Gasteiger partial charge < -0.3 is 25.1 Å². The van der Waals surface area contributed by atoms with Crippen LogP contribution in [0.3, 0.4) is 0 Å². The Hall–Kier alpha value is -4.69. The van der Waals surface area contributed by atoms with Gasteiger partial charge in [0.25, 0.3) is 5.91 Å². The minimum absolute atomic E-state index is 0.0521. The molecule has 8 heteroatoms. The molecule has 0 spiro atoms. The lowest BCUT2D eigenvalue weighted by Crippen LogP contribution is -2.37. The average molecular weight is 728 g/mol. The van der Waals surface area contributed by atoms with E-state index in [-0.39, 0.29) is 18.1 Å². The number of fused-ring (bicyclic) bond motifs is 1. The van der Waals surface area contributed by atoms with Crippen molar-refractivity contribution in [2.75, 3.05) is 13.1 Å². The summed E-state index contributed by atoms with van der Waals surface area (Å²) in [6.45, 7) is 11.4. The van der Waals surface area contributed by atoms with Crippen LogP contribution in [-0.2, 0) is 6.54 Å². The number of aromatic nitrogens is 3. The Bertz CT molecular complexity index is 1980. The number of aromatic amines is 1. The van der Waals surface area contributed by atoms with E-state index in [2.05, 4.69) is 114 Å². The zero-order valence-corrected chi connectivity index (χ0v) is 32.4. The van der Waals surface area contributed by atoms with Crippen LogP contribution in [0.1, 0.15) is 97.3 Å². The average Bonchev–Trinajstić information content (AvgIpc) is 3.65. The van der Waals surface area contributed by atoms with E-state index in [1.54, 1.807) is 30.9 Å². The summed E-state index contributed by atoms with van der Waals surface area (Å²) < 4.78 is 13.6. The number of nitrogens with zero attached hydrogens (tertiary/aromatic N) is 2. The number of hydrogen-bond acceptors (Lipinski definition) is 6. The lowest BCUT2D eigenvalue weighted by atomic mass is 9.72. The Balaban J connectivity index is 0.988. The van der Waals surface area contributed by atoms with Crippen molar-refractivity contribution in [3.05, 3.63) is 119 Å². The molecule has 284 valence electrons. The molecule has 1 amide bonds. The normalized spacial score (nSPS) is 22.7. The van der Waals surface area contributed by atoms with Gasteiger partial charge in [-0.3, -0.25) is 9.78 Å². The first-order chi connectivity index (χ1) is 26.3. The number of carbonyl (C=O) groups excluding carboxylic acids is 1. The summed E-state index contributed by atoms with van der Waals surface area (Å²) in [5.41, 5.74) is 7.78. The van der Waals surface area contributed by atoms with Gasteiger partial charge in [0.2, 0.25) is 0 Å². The number of nitrogens with one attached hydrogen (secondary N) is 3. The highest BCUT2D eigenvalue weighted by Gasteiger charge is 2.35. The van der Waals surface area contributed by atoms with Gasteiger partial charge in [0.05, 0.1) is 29.6 Å². The van der Waals surface area contributed by atoms with E-state index in [4.69, 9.17) is 9.47 Å². The fourth-order valence-corrected chi connectivity index (χ4v) is 8.83. The summed E-state index contributed by atoms with van der Waals surface area (Å²) in [7, 11) is 0. The van der Waals surface area contributed by atoms with Gasteiger partial charge in [-0.25, -0.2) is 4.98 Å². The molecule has 2 fully saturated rings. The zero-order valence-electron chi connectivity index (χ0n) is 32.4. The van der Waals surface area contributed by atoms with Crippen LogP contribution in [0.2, 0.25) is 0 Å². The highest BCUT2D eigenvalue weighted by Crippen LogP contribution is 2.42. The predicted octanol–water partition coefficient (Wildman–Crippen LogP) is 9.34. The van der Waals surface area contributed by atoms with Gasteiger partial charge in [0.1, 0.15) is 11.5 Å². The third kappa shape index (κ3) is 9.89. The van der Waals surface area contributed by atoms with E-state index in [0.29, 0.717) is 41.7 Å². The van der Waals surface area contributed by atoms with E-state index < -0.39 is 0 Å². The SMILES string of the molecule is Cc1cccc(OC2CC(c3cc(C)cc(OC4CCCC(C(C)CNCc5ccc6nc[nH]c6c5)C4)c3)CC(C(C)CNC(=O)c3ccncc3)C2)c1. The third-order valence-corrected chi connectivity index (χ3v) is 11.9. The minimum Gasteiger partial charge on any atom is -0.490 e. The summed E-state index contributed by atoms with van der Waals surface area (Å²) in [6.07, 6.45) is 13.0. The van der Waals surface area contributed by atoms with Crippen LogP contribution in [0.5, 0.6) is 11.5 Å². The monoisotopic (exact) mass is 727 g/mol. The molecule has 2 saturated carbocycles. The number of rotatable bonds is 14. The van der Waals surface area contributed by atoms with E-state index in [1.165, 1.54) is 35.1 Å². The Morgan fingerprint density at radius 2 is 1.61 bits per heavy atom. The maximum absolute atomic E-state index is 12.9. The molecule has 7 unspecified atom stereocenters. The molecule has 7 rings (SSSR count). The van der Waals surface area contributed by atoms with Crippen LogP contribution < -0.4 is 20.1 Å². The molecule has 2 aliphatic rings. The highest BCUT2D eigenvalue weighted by molar-refractivity contribution is 5.93. The molecule has 54 heavy (non-hydrogen) atoms. The second-order valence-corrected chi connectivity index (χ2v) is 16.3. The molecule has 0 radical (unpaired) electrons. The van der Waals surface area contributed by atoms with Gasteiger partial charge >= 0.3 is 0 Å². The minimum atomic E-state index is -0.0521. The van der Waals surface area contributed by atoms with Crippen molar-refractivity contribution in [3.8, 4) is 11.5 Å². The number of carbonyl (C=O) groups is 1. The Morgan fingerprint density at radius 1 is 0.815 bits per heavy atom. The van der Waals surface area contributed by atoms with E-state index in [9.17, 15) is 4.79 Å². The van der Waals surface area contributed by atoms with Crippen LogP contribution in [0.15, 0.2) is 91.5 Å². The molecule has 0 bridgehead atoms. The van der Waals surface area contributed by atoms with Gasteiger partial charge in [-0.1, -0.05) is 38.1 Å². The zero-order chi connectivity index (χ0) is 37.4. The summed E-state index contributed by atoms with van der Waals surface area (Å²) >= 11 is 0. The van der Waals surface area contributed by atoms with Crippen molar-refractivity contribution in [2.45, 2.75) is 97.3 Å². The third-order valence-electron chi connectivity index (χ3n) is 11.9. The number of imidazole rings is 1. The first kappa shape index (κ1) is 37.6. The summed E-state index contributed by atoms with van der Waals surface area (Å²) in [6, 6.07) is 25.2. The Kier molecular flexibility index (Phi) is 12.3. The molecular formula is C46H57N5O3. The topological polar surface area (TPSA) is 101 Å². The molecule has 5 aromatic rings. The fraction of sp³-hybridized carbons (Fsp3) is 0.457. The van der Waals surface area contributed by atoms with Crippen molar-refractivity contribution in [1.82, 2.24) is 25.6 Å². The summed E-state index contributed by atoms with van der Waals surface area (Å²) in [5, 5.41) is 6.90. The maximum Gasteiger partial charge on any atom is 0.251 e. The molecule has 0 saturated heterocycles. The fourth-order valence-electron chi connectivity index (χ4n) is 8.83. The largest absolute Gasteiger partial charge is 0.490 e. The molecule has 2 heterocycles. The van der Waals surface area contributed by atoms with Crippen LogP contribution >= 0.6 is 0 Å². The van der Waals surface area contributed by atoms with Crippen molar-refractivity contribution in [2.24, 2.45) is 23.7 Å². The van der Waals surface area contributed by atoms with Crippen molar-refractivity contribution >= 4 is 16.9 Å². The van der Waals surface area contributed by atoms with Gasteiger partial charge in [-0.05, 0) is 166 Å². The van der Waals surface area contributed by atoms with Gasteiger partial charge in [0, 0.05) is 31.0 Å². The predicted molar refractivity (Wildman–Crippen MR) is 216 cm³/mol. The first-order valence-electron chi connectivity index (χ1n) is 20.1. The molecule has 3 N–H and O–H groups in total. The van der Waals surface area contributed by atoms with E-state index in [1.807, 2.05) is 0 Å². The summed E-state index contributed by atoms with van der Waals surface area (Å²) in [5.74, 6) is 4.09. The molecule has 3 aromatic carbocycles. The van der Waals surface area contributed by atoms with Crippen molar-refractivity contribution < 1.29 is 14.3 Å². The Morgan fingerprint density at radius 3 is 2.46 bits per heavy atom. The number of aryl methyl sites for hydroxylation is 2. The van der Waals surface area contributed by atoms with Crippen LogP contribution in [-0.4, -0.2) is 46.2 Å². The number of H-pyrrole nitrogens is 1. The lowest BCUT2D eigenvalue weighted by molar-refractivity contribution is 0.0837. The molecule has 0 aliphatic heterocycles. The molecule has 8 nitrogen and oxygen atoms in total. The van der Waals surface area contributed by atoms with Gasteiger partial charge in [-0.15, -0.1) is 0 Å². The molecular weight excluding hydrogens is 671 g/mol. The highest BCUT2D eigenvalue weighted by atomic mass is 16.5. The second-order valence-electron chi connectivity index (χ2n) is 16.3. The number of amides is 1. The molecule has 7 atom stereocenters.